The molecule has 0 saturated carbocycles. The first-order chi connectivity index (χ1) is 16.7. The van der Waals surface area contributed by atoms with E-state index in [4.69, 9.17) is 18.6 Å². The van der Waals surface area contributed by atoms with Gasteiger partial charge in [-0.3, -0.25) is 4.90 Å². The number of ether oxygens (including phenoxy) is 3. The molecule has 0 radical (unpaired) electrons. The van der Waals surface area contributed by atoms with Gasteiger partial charge in [-0.25, -0.2) is 14.6 Å². The van der Waals surface area contributed by atoms with Crippen molar-refractivity contribution in [1.82, 2.24) is 9.88 Å². The Balaban J connectivity index is 1.68. The molecule has 9 nitrogen and oxygen atoms in total. The first kappa shape index (κ1) is 25.6. The van der Waals surface area contributed by atoms with Crippen molar-refractivity contribution in [3.8, 4) is 17.2 Å². The Morgan fingerprint density at radius 2 is 1.60 bits per heavy atom. The monoisotopic (exact) mass is 482 g/mol. The van der Waals surface area contributed by atoms with Crippen LogP contribution in [0.15, 0.2) is 52.9 Å². The third kappa shape index (κ3) is 6.53. The van der Waals surface area contributed by atoms with Crippen molar-refractivity contribution in [2.45, 2.75) is 46.2 Å². The number of aromatic nitrogens is 1. The number of oxazole rings is 1. The summed E-state index contributed by atoms with van der Waals surface area (Å²) in [6.45, 7) is 7.30. The lowest BCUT2D eigenvalue weighted by Gasteiger charge is -2.31. The number of hydrogen-bond donors (Lipinski definition) is 1. The number of carboxylic acid groups (broad SMARTS) is 1. The van der Waals surface area contributed by atoms with Gasteiger partial charge in [0.05, 0.1) is 25.5 Å². The average molecular weight is 483 g/mol. The lowest BCUT2D eigenvalue weighted by Crippen LogP contribution is -2.46. The number of nitrogens with zero attached hydrogens (tertiary/aromatic N) is 2. The van der Waals surface area contributed by atoms with Gasteiger partial charge in [-0.2, -0.15) is 0 Å². The van der Waals surface area contributed by atoms with Gasteiger partial charge in [0.1, 0.15) is 29.1 Å². The maximum absolute atomic E-state index is 13.0. The van der Waals surface area contributed by atoms with Crippen LogP contribution in [0.2, 0.25) is 0 Å². The molecule has 0 saturated heterocycles. The molecule has 1 amide bonds. The molecule has 186 valence electrons. The Hall–Kier alpha value is -4.01. The van der Waals surface area contributed by atoms with Crippen LogP contribution in [0.3, 0.4) is 0 Å². The van der Waals surface area contributed by atoms with Crippen molar-refractivity contribution < 1.29 is 33.3 Å². The number of hydrogen-bond acceptors (Lipinski definition) is 7. The zero-order valence-electron chi connectivity index (χ0n) is 20.5. The summed E-state index contributed by atoms with van der Waals surface area (Å²) in [5.74, 6) is 1.82. The highest BCUT2D eigenvalue weighted by Crippen LogP contribution is 2.27. The van der Waals surface area contributed by atoms with Crippen LogP contribution in [0.25, 0.3) is 0 Å². The van der Waals surface area contributed by atoms with Gasteiger partial charge in [0.25, 0.3) is 0 Å². The summed E-state index contributed by atoms with van der Waals surface area (Å²) in [5, 5.41) is 9.59. The highest BCUT2D eigenvalue weighted by atomic mass is 16.6. The largest absolute Gasteiger partial charge is 0.497 e. The Labute approximate surface area is 204 Å². The maximum atomic E-state index is 13.0. The van der Waals surface area contributed by atoms with Crippen molar-refractivity contribution in [3.05, 3.63) is 71.4 Å². The second-order valence-electron chi connectivity index (χ2n) is 8.04. The second kappa shape index (κ2) is 11.4. The molecule has 0 bridgehead atoms. The van der Waals surface area contributed by atoms with Crippen LogP contribution >= 0.6 is 0 Å². The van der Waals surface area contributed by atoms with Gasteiger partial charge in [0, 0.05) is 13.3 Å². The van der Waals surface area contributed by atoms with Gasteiger partial charge in [0.2, 0.25) is 0 Å². The van der Waals surface area contributed by atoms with Crippen LogP contribution in [0.1, 0.15) is 42.8 Å². The molecule has 0 aliphatic carbocycles. The van der Waals surface area contributed by atoms with Crippen molar-refractivity contribution in [2.24, 2.45) is 0 Å². The number of aryl methyl sites for hydroxylation is 2. The zero-order valence-corrected chi connectivity index (χ0v) is 20.5. The maximum Gasteiger partial charge on any atom is 0.416 e. The van der Waals surface area contributed by atoms with E-state index in [1.807, 2.05) is 6.92 Å². The minimum atomic E-state index is -1.14. The molecule has 3 aromatic rings. The number of carboxylic acids is 1. The predicted molar refractivity (Wildman–Crippen MR) is 128 cm³/mol. The van der Waals surface area contributed by atoms with Gasteiger partial charge in [-0.15, -0.1) is 0 Å². The molecule has 0 aliphatic rings. The number of aliphatic carboxylic acids is 1. The number of methoxy groups -OCH3 is 1. The summed E-state index contributed by atoms with van der Waals surface area (Å²) < 4.78 is 21.8. The topological polar surface area (TPSA) is 111 Å². The Morgan fingerprint density at radius 1 is 1.00 bits per heavy atom. The van der Waals surface area contributed by atoms with Gasteiger partial charge >= 0.3 is 12.1 Å². The SMILES string of the molecule is COc1ccc(OC(=O)N([C@@H](C)C(=O)O)[C@@H](C)c2ccc(OCCc3nc(C)oc3C)cc2)cc1. The van der Waals surface area contributed by atoms with Crippen molar-refractivity contribution in [2.75, 3.05) is 13.7 Å². The average Bonchev–Trinajstić information content (AvgIpc) is 3.16. The number of amides is 1. The summed E-state index contributed by atoms with van der Waals surface area (Å²) in [5.41, 5.74) is 1.60. The first-order valence-corrected chi connectivity index (χ1v) is 11.2. The van der Waals surface area contributed by atoms with E-state index in [1.165, 1.54) is 18.9 Å². The van der Waals surface area contributed by atoms with Crippen LogP contribution in [-0.2, 0) is 11.2 Å². The molecule has 1 aromatic heterocycles. The van der Waals surface area contributed by atoms with Crippen LogP contribution in [-0.4, -0.2) is 46.8 Å². The van der Waals surface area contributed by atoms with E-state index in [1.54, 1.807) is 62.4 Å². The number of rotatable bonds is 10. The molecular formula is C26H30N2O7. The number of benzene rings is 2. The molecule has 3 rings (SSSR count). The molecule has 0 unspecified atom stereocenters. The van der Waals surface area contributed by atoms with E-state index in [9.17, 15) is 14.7 Å². The van der Waals surface area contributed by atoms with Crippen LogP contribution in [0, 0.1) is 13.8 Å². The lowest BCUT2D eigenvalue weighted by atomic mass is 10.1. The molecular weight excluding hydrogens is 452 g/mol. The fourth-order valence-corrected chi connectivity index (χ4v) is 3.64. The lowest BCUT2D eigenvalue weighted by molar-refractivity contribution is -0.142. The molecule has 0 spiro atoms. The van der Waals surface area contributed by atoms with Crippen LogP contribution < -0.4 is 14.2 Å². The standard InChI is InChI=1S/C26H30N2O7/c1-16(20-6-8-22(9-7-20)33-15-14-24-18(3)34-19(4)27-24)28(17(2)25(29)30)26(31)35-23-12-10-21(32-5)11-13-23/h6-13,16-17H,14-15H2,1-5H3,(H,29,30)/t16-,17-/m0/s1. The molecule has 2 aromatic carbocycles. The van der Waals surface area contributed by atoms with Gasteiger partial charge in [0.15, 0.2) is 5.89 Å². The number of carbonyl (C=O) groups excluding carboxylic acids is 1. The minimum absolute atomic E-state index is 0.284. The summed E-state index contributed by atoms with van der Waals surface area (Å²) >= 11 is 0. The first-order valence-electron chi connectivity index (χ1n) is 11.2. The predicted octanol–water partition coefficient (Wildman–Crippen LogP) is 4.96. The Kier molecular flexibility index (Phi) is 8.35. The summed E-state index contributed by atoms with van der Waals surface area (Å²) in [6, 6.07) is 12.0. The molecule has 35 heavy (non-hydrogen) atoms. The molecule has 0 fully saturated rings. The van der Waals surface area contributed by atoms with Crippen molar-refractivity contribution in [3.63, 3.8) is 0 Å². The third-order valence-corrected chi connectivity index (χ3v) is 5.64. The highest BCUT2D eigenvalue weighted by molar-refractivity contribution is 5.81. The van der Waals surface area contributed by atoms with E-state index >= 15 is 0 Å². The van der Waals surface area contributed by atoms with E-state index in [-0.39, 0.29) is 5.75 Å². The quantitative estimate of drug-likeness (QED) is 0.432. The van der Waals surface area contributed by atoms with Crippen molar-refractivity contribution in [1.29, 1.82) is 0 Å². The molecule has 1 heterocycles. The Morgan fingerprint density at radius 3 is 2.14 bits per heavy atom. The van der Waals surface area contributed by atoms with Gasteiger partial charge < -0.3 is 23.7 Å². The number of carbonyl (C=O) groups is 2. The fraction of sp³-hybridized carbons (Fsp3) is 0.346. The molecule has 2 atom stereocenters. The minimum Gasteiger partial charge on any atom is -0.497 e. The van der Waals surface area contributed by atoms with Gasteiger partial charge in [-0.05, 0) is 62.7 Å². The van der Waals surface area contributed by atoms with Crippen LogP contribution in [0.4, 0.5) is 4.79 Å². The van der Waals surface area contributed by atoms with E-state index in [0.29, 0.717) is 30.4 Å². The third-order valence-electron chi connectivity index (χ3n) is 5.64. The summed E-state index contributed by atoms with van der Waals surface area (Å²) in [7, 11) is 1.54. The van der Waals surface area contributed by atoms with E-state index < -0.39 is 24.1 Å². The molecule has 1 N–H and O–H groups in total. The summed E-state index contributed by atoms with van der Waals surface area (Å²) in [4.78, 5) is 30.2. The fourth-order valence-electron chi connectivity index (χ4n) is 3.64. The van der Waals surface area contributed by atoms with Crippen molar-refractivity contribution >= 4 is 12.1 Å². The Bertz CT molecular complexity index is 1140. The second-order valence-corrected chi connectivity index (χ2v) is 8.04. The van der Waals surface area contributed by atoms with Crippen LogP contribution in [0.5, 0.6) is 17.2 Å². The normalized spacial score (nSPS) is 12.5. The van der Waals surface area contributed by atoms with E-state index in [2.05, 4.69) is 4.98 Å². The van der Waals surface area contributed by atoms with Gasteiger partial charge in [-0.1, -0.05) is 12.1 Å². The molecule has 0 aliphatic heterocycles. The smallest absolute Gasteiger partial charge is 0.416 e. The molecule has 9 heteroatoms. The summed E-state index contributed by atoms with van der Waals surface area (Å²) in [6.07, 6.45) is -0.154. The highest BCUT2D eigenvalue weighted by Gasteiger charge is 2.32. The van der Waals surface area contributed by atoms with E-state index in [0.717, 1.165) is 17.0 Å². The zero-order chi connectivity index (χ0) is 25.5.